The first kappa shape index (κ1) is 14.8. The molecule has 5 heteroatoms. The van der Waals surface area contributed by atoms with Crippen molar-refractivity contribution in [2.75, 3.05) is 6.54 Å². The molecule has 2 aromatic rings. The number of rotatable bonds is 6. The third-order valence-corrected chi connectivity index (χ3v) is 3.66. The minimum absolute atomic E-state index is 0.353. The molecule has 0 saturated heterocycles. The van der Waals surface area contributed by atoms with E-state index in [-0.39, 0.29) is 5.91 Å². The summed E-state index contributed by atoms with van der Waals surface area (Å²) >= 11 is 3.43. The molecule has 0 aliphatic heterocycles. The number of nitrogens with zero attached hydrogens (tertiary/aromatic N) is 1. The molecule has 0 aliphatic carbocycles. The molecular weight excluding hydrogens is 320 g/mol. The van der Waals surface area contributed by atoms with Crippen LogP contribution in [0.4, 0.5) is 0 Å². The van der Waals surface area contributed by atoms with Crippen LogP contribution in [0.25, 0.3) is 0 Å². The Morgan fingerprint density at radius 1 is 1.45 bits per heavy atom. The zero-order valence-corrected chi connectivity index (χ0v) is 12.8. The van der Waals surface area contributed by atoms with Gasteiger partial charge in [-0.05, 0) is 30.3 Å². The molecule has 0 aliphatic rings. The molecule has 1 aromatic heterocycles. The van der Waals surface area contributed by atoms with Crippen molar-refractivity contribution in [3.05, 3.63) is 58.5 Å². The molecule has 0 bridgehead atoms. The Morgan fingerprint density at radius 2 is 2.25 bits per heavy atom. The van der Waals surface area contributed by atoms with Crippen molar-refractivity contribution in [2.24, 2.45) is 5.73 Å². The van der Waals surface area contributed by atoms with Crippen LogP contribution in [0.2, 0.25) is 0 Å². The Morgan fingerprint density at radius 3 is 2.80 bits per heavy atom. The maximum atomic E-state index is 11.9. The molecule has 0 fully saturated rings. The summed E-state index contributed by atoms with van der Waals surface area (Å²) in [4.78, 5) is 13.9. The second kappa shape index (κ2) is 6.72. The van der Waals surface area contributed by atoms with E-state index in [2.05, 4.69) is 15.9 Å². The number of halogens is 1. The van der Waals surface area contributed by atoms with Gasteiger partial charge in [-0.15, -0.1) is 0 Å². The summed E-state index contributed by atoms with van der Waals surface area (Å²) in [5, 5.41) is 0. The summed E-state index contributed by atoms with van der Waals surface area (Å²) in [7, 11) is 0. The van der Waals surface area contributed by atoms with Crippen molar-refractivity contribution in [3.8, 4) is 0 Å². The fourth-order valence-corrected chi connectivity index (χ4v) is 2.65. The largest absolute Gasteiger partial charge is 0.472 e. The average molecular weight is 337 g/mol. The molecule has 1 atom stereocenters. The van der Waals surface area contributed by atoms with Crippen LogP contribution in [0, 0.1) is 0 Å². The molecule has 1 heterocycles. The molecule has 2 rings (SSSR count). The Labute approximate surface area is 126 Å². The van der Waals surface area contributed by atoms with E-state index < -0.39 is 6.04 Å². The molecule has 0 saturated carbocycles. The van der Waals surface area contributed by atoms with E-state index in [1.54, 1.807) is 12.5 Å². The van der Waals surface area contributed by atoms with Crippen LogP contribution in [-0.2, 0) is 11.3 Å². The van der Waals surface area contributed by atoms with Crippen LogP contribution in [0.5, 0.6) is 0 Å². The lowest BCUT2D eigenvalue weighted by atomic mass is 10.0. The Hall–Kier alpha value is -1.59. The van der Waals surface area contributed by atoms with Gasteiger partial charge < -0.3 is 10.2 Å². The Balaban J connectivity index is 2.28. The molecule has 106 valence electrons. The first-order valence-corrected chi connectivity index (χ1v) is 7.21. The molecule has 0 radical (unpaired) electrons. The summed E-state index contributed by atoms with van der Waals surface area (Å²) in [6.07, 6.45) is 3.31. The van der Waals surface area contributed by atoms with E-state index in [0.29, 0.717) is 13.1 Å². The lowest BCUT2D eigenvalue weighted by molar-refractivity contribution is -0.123. The number of likely N-dealkylation sites (N-methyl/N-ethyl adjacent to an activating group) is 1. The van der Waals surface area contributed by atoms with E-state index in [1.165, 1.54) is 0 Å². The number of nitrogens with two attached hydrogens (primary N) is 1. The van der Waals surface area contributed by atoms with Crippen molar-refractivity contribution in [3.63, 3.8) is 0 Å². The summed E-state index contributed by atoms with van der Waals surface area (Å²) in [5.74, 6) is -0.353. The van der Waals surface area contributed by atoms with Gasteiger partial charge >= 0.3 is 0 Å². The smallest absolute Gasteiger partial charge is 0.239 e. The lowest BCUT2D eigenvalue weighted by Gasteiger charge is -2.28. The van der Waals surface area contributed by atoms with Gasteiger partial charge in [0, 0.05) is 16.6 Å². The SMILES string of the molecule is CCN(Cc1ccoc1)[C@@H](C(N)=O)c1cccc(Br)c1. The van der Waals surface area contributed by atoms with Gasteiger partial charge in [-0.1, -0.05) is 35.0 Å². The fourth-order valence-electron chi connectivity index (χ4n) is 2.23. The first-order valence-electron chi connectivity index (χ1n) is 6.41. The topological polar surface area (TPSA) is 59.5 Å². The second-order valence-electron chi connectivity index (χ2n) is 4.55. The van der Waals surface area contributed by atoms with Gasteiger partial charge in [0.2, 0.25) is 5.91 Å². The maximum Gasteiger partial charge on any atom is 0.239 e. The Bertz CT molecular complexity index is 569. The minimum Gasteiger partial charge on any atom is -0.472 e. The molecule has 0 unspecified atom stereocenters. The number of carbonyl (C=O) groups excluding carboxylic acids is 1. The predicted molar refractivity (Wildman–Crippen MR) is 80.9 cm³/mol. The van der Waals surface area contributed by atoms with Crippen LogP contribution < -0.4 is 5.73 Å². The number of benzene rings is 1. The van der Waals surface area contributed by atoms with Gasteiger partial charge in [0.15, 0.2) is 0 Å². The van der Waals surface area contributed by atoms with Crippen LogP contribution in [0.1, 0.15) is 24.1 Å². The van der Waals surface area contributed by atoms with Gasteiger partial charge in [0.25, 0.3) is 0 Å². The van der Waals surface area contributed by atoms with Gasteiger partial charge in [-0.25, -0.2) is 0 Å². The van der Waals surface area contributed by atoms with Crippen molar-refractivity contribution < 1.29 is 9.21 Å². The van der Waals surface area contributed by atoms with E-state index in [9.17, 15) is 4.79 Å². The van der Waals surface area contributed by atoms with E-state index in [4.69, 9.17) is 10.2 Å². The van der Waals surface area contributed by atoms with Gasteiger partial charge in [-0.2, -0.15) is 0 Å². The highest BCUT2D eigenvalue weighted by Crippen LogP contribution is 2.25. The molecule has 2 N–H and O–H groups in total. The molecule has 1 amide bonds. The summed E-state index contributed by atoms with van der Waals surface area (Å²) < 4.78 is 6.01. The average Bonchev–Trinajstić information content (AvgIpc) is 2.90. The maximum absolute atomic E-state index is 11.9. The zero-order valence-electron chi connectivity index (χ0n) is 11.3. The van der Waals surface area contributed by atoms with Crippen LogP contribution in [0.3, 0.4) is 0 Å². The number of furan rings is 1. The molecule has 20 heavy (non-hydrogen) atoms. The first-order chi connectivity index (χ1) is 9.61. The third-order valence-electron chi connectivity index (χ3n) is 3.17. The minimum atomic E-state index is -0.451. The van der Waals surface area contributed by atoms with Crippen molar-refractivity contribution in [1.82, 2.24) is 4.90 Å². The lowest BCUT2D eigenvalue weighted by Crippen LogP contribution is -2.37. The van der Waals surface area contributed by atoms with E-state index in [1.807, 2.05) is 42.2 Å². The second-order valence-corrected chi connectivity index (χ2v) is 5.47. The zero-order chi connectivity index (χ0) is 14.5. The van der Waals surface area contributed by atoms with Crippen LogP contribution >= 0.6 is 15.9 Å². The highest BCUT2D eigenvalue weighted by molar-refractivity contribution is 9.10. The van der Waals surface area contributed by atoms with Gasteiger partial charge in [0.1, 0.15) is 6.04 Å². The molecule has 0 spiro atoms. The van der Waals surface area contributed by atoms with Crippen LogP contribution in [0.15, 0.2) is 51.7 Å². The number of hydrogen-bond donors (Lipinski definition) is 1. The normalized spacial score (nSPS) is 12.6. The number of primary amides is 1. The summed E-state index contributed by atoms with van der Waals surface area (Å²) in [6.45, 7) is 3.34. The monoisotopic (exact) mass is 336 g/mol. The third kappa shape index (κ3) is 3.49. The van der Waals surface area contributed by atoms with Crippen molar-refractivity contribution in [1.29, 1.82) is 0 Å². The van der Waals surface area contributed by atoms with E-state index >= 15 is 0 Å². The van der Waals surface area contributed by atoms with Crippen molar-refractivity contribution in [2.45, 2.75) is 19.5 Å². The molecule has 4 nitrogen and oxygen atoms in total. The van der Waals surface area contributed by atoms with Crippen LogP contribution in [-0.4, -0.2) is 17.4 Å². The number of hydrogen-bond acceptors (Lipinski definition) is 3. The molecule has 1 aromatic carbocycles. The van der Waals surface area contributed by atoms with E-state index in [0.717, 1.165) is 15.6 Å². The number of carbonyl (C=O) groups is 1. The summed E-state index contributed by atoms with van der Waals surface area (Å²) in [6, 6.07) is 9.11. The van der Waals surface area contributed by atoms with Crippen molar-refractivity contribution >= 4 is 21.8 Å². The summed E-state index contributed by atoms with van der Waals surface area (Å²) in [5.41, 5.74) is 7.51. The van der Waals surface area contributed by atoms with Gasteiger partial charge in [0.05, 0.1) is 12.5 Å². The quantitative estimate of drug-likeness (QED) is 0.881. The predicted octanol–water partition coefficient (Wildman–Crippen LogP) is 3.09. The fraction of sp³-hybridized carbons (Fsp3) is 0.267. The highest BCUT2D eigenvalue weighted by atomic mass is 79.9. The van der Waals surface area contributed by atoms with Gasteiger partial charge in [-0.3, -0.25) is 9.69 Å². The molecular formula is C15H17BrN2O2. The number of amides is 1. The standard InChI is InChI=1S/C15H17BrN2O2/c1-2-18(9-11-6-7-20-10-11)14(15(17)19)12-4-3-5-13(16)8-12/h3-8,10,14H,2,9H2,1H3,(H2,17,19)/t14-/m1/s1. The highest BCUT2D eigenvalue weighted by Gasteiger charge is 2.25. The Kier molecular flexibility index (Phi) is 4.98.